The van der Waals surface area contributed by atoms with E-state index < -0.39 is 11.9 Å². The number of carboxylic acids is 1. The van der Waals surface area contributed by atoms with Crippen molar-refractivity contribution in [1.29, 1.82) is 0 Å². The van der Waals surface area contributed by atoms with Gasteiger partial charge in [0.25, 0.3) is 0 Å². The van der Waals surface area contributed by atoms with Crippen molar-refractivity contribution in [2.24, 2.45) is 5.92 Å². The van der Waals surface area contributed by atoms with Gasteiger partial charge >= 0.3 is 0 Å². The lowest BCUT2D eigenvalue weighted by Gasteiger charge is -2.09. The molecule has 64 valence electrons. The van der Waals surface area contributed by atoms with E-state index in [2.05, 4.69) is 0 Å². The van der Waals surface area contributed by atoms with Gasteiger partial charge in [0.1, 0.15) is 5.78 Å². The largest absolute Gasteiger partial charge is 0.549 e. The fraction of sp³-hybridized carbons (Fsp3) is 0.750. The van der Waals surface area contributed by atoms with Crippen molar-refractivity contribution in [3.8, 4) is 0 Å². The first-order valence-electron chi connectivity index (χ1n) is 3.83. The van der Waals surface area contributed by atoms with E-state index in [9.17, 15) is 14.7 Å². The summed E-state index contributed by atoms with van der Waals surface area (Å²) in [6.45, 7) is 3.32. The van der Waals surface area contributed by atoms with Crippen molar-refractivity contribution in [3.63, 3.8) is 0 Å². The van der Waals surface area contributed by atoms with Gasteiger partial charge < -0.3 is 9.90 Å². The molecular formula is C8H13O3-. The van der Waals surface area contributed by atoms with Gasteiger partial charge in [0.05, 0.1) is 11.9 Å². The molecule has 3 heteroatoms. The average Bonchev–Trinajstić information content (AvgIpc) is 1.98. The maximum absolute atomic E-state index is 10.9. The fourth-order valence-corrected chi connectivity index (χ4v) is 0.699. The molecule has 0 saturated heterocycles. The number of carbonyl (C=O) groups excluding carboxylic acids is 2. The number of unbranched alkanes of at least 4 members (excludes halogenated alkanes) is 1. The Labute approximate surface area is 66.4 Å². The number of hydrogen-bond donors (Lipinski definition) is 0. The van der Waals surface area contributed by atoms with Gasteiger partial charge in [0.15, 0.2) is 0 Å². The van der Waals surface area contributed by atoms with Crippen LogP contribution in [0.4, 0.5) is 0 Å². The lowest BCUT2D eigenvalue weighted by molar-refractivity contribution is -0.309. The lowest BCUT2D eigenvalue weighted by Crippen LogP contribution is -2.34. The minimum absolute atomic E-state index is 0.230. The van der Waals surface area contributed by atoms with Crippen LogP contribution in [0, 0.1) is 5.92 Å². The molecule has 3 nitrogen and oxygen atoms in total. The molecule has 0 amide bonds. The Bertz CT molecular complexity index is 151. The highest BCUT2D eigenvalue weighted by molar-refractivity contribution is 5.96. The first-order valence-corrected chi connectivity index (χ1v) is 3.83. The lowest BCUT2D eigenvalue weighted by atomic mass is 10.0. The van der Waals surface area contributed by atoms with Crippen LogP contribution in [-0.4, -0.2) is 11.8 Å². The summed E-state index contributed by atoms with van der Waals surface area (Å²) in [7, 11) is 0. The molecule has 0 fully saturated rings. The molecule has 1 unspecified atom stereocenters. The summed E-state index contributed by atoms with van der Waals surface area (Å²) in [5, 5.41) is 10.2. The van der Waals surface area contributed by atoms with E-state index in [1.54, 1.807) is 0 Å². The van der Waals surface area contributed by atoms with Gasteiger partial charge in [-0.3, -0.25) is 4.79 Å². The summed E-state index contributed by atoms with van der Waals surface area (Å²) in [6.07, 6.45) is 2.02. The molecule has 0 spiro atoms. The number of Topliss-reactive ketones (excluding diaryl/α,β-unsaturated/α-hetero) is 1. The third kappa shape index (κ3) is 3.75. The summed E-state index contributed by atoms with van der Waals surface area (Å²) in [5.41, 5.74) is 0. The number of carboxylic acid groups (broad SMARTS) is 1. The van der Waals surface area contributed by atoms with Gasteiger partial charge in [-0.2, -0.15) is 0 Å². The zero-order valence-electron chi connectivity index (χ0n) is 6.92. The summed E-state index contributed by atoms with van der Waals surface area (Å²) >= 11 is 0. The molecule has 0 aromatic heterocycles. The Morgan fingerprint density at radius 1 is 1.45 bits per heavy atom. The average molecular weight is 157 g/mol. The van der Waals surface area contributed by atoms with E-state index >= 15 is 0 Å². The number of hydrogen-bond acceptors (Lipinski definition) is 3. The monoisotopic (exact) mass is 157 g/mol. The predicted octanol–water partition coefficient (Wildman–Crippen LogP) is 0.132. The van der Waals surface area contributed by atoms with E-state index in [1.165, 1.54) is 6.92 Å². The first kappa shape index (κ1) is 10.1. The van der Waals surface area contributed by atoms with Crippen LogP contribution in [0.25, 0.3) is 0 Å². The zero-order valence-corrected chi connectivity index (χ0v) is 6.92. The second kappa shape index (κ2) is 4.88. The van der Waals surface area contributed by atoms with Crippen LogP contribution in [0.1, 0.15) is 33.1 Å². The number of aliphatic carboxylic acids is 1. The Balaban J connectivity index is 3.74. The highest BCUT2D eigenvalue weighted by Gasteiger charge is 2.12. The van der Waals surface area contributed by atoms with Gasteiger partial charge in [-0.1, -0.05) is 20.3 Å². The standard InChI is InChI=1S/C8H14O3/c1-3-4-5-7(9)6(2)8(10)11/h6H,3-5H2,1-2H3,(H,10,11)/p-1. The summed E-state index contributed by atoms with van der Waals surface area (Å²) in [6, 6.07) is 0. The minimum atomic E-state index is -1.27. The van der Waals surface area contributed by atoms with Gasteiger partial charge in [0.2, 0.25) is 0 Å². The van der Waals surface area contributed by atoms with E-state index in [0.29, 0.717) is 6.42 Å². The Morgan fingerprint density at radius 2 is 2.00 bits per heavy atom. The molecular weight excluding hydrogens is 144 g/mol. The first-order chi connectivity index (χ1) is 5.09. The van der Waals surface area contributed by atoms with Gasteiger partial charge in [-0.15, -0.1) is 0 Å². The second-order valence-electron chi connectivity index (χ2n) is 2.61. The molecule has 11 heavy (non-hydrogen) atoms. The highest BCUT2D eigenvalue weighted by atomic mass is 16.4. The number of ketones is 1. The molecule has 1 atom stereocenters. The smallest absolute Gasteiger partial charge is 0.141 e. The summed E-state index contributed by atoms with van der Waals surface area (Å²) in [4.78, 5) is 21.1. The van der Waals surface area contributed by atoms with Crippen LogP contribution in [0.15, 0.2) is 0 Å². The number of carbonyl (C=O) groups is 2. The van der Waals surface area contributed by atoms with Gasteiger partial charge in [0, 0.05) is 6.42 Å². The molecule has 0 rings (SSSR count). The third-order valence-electron chi connectivity index (χ3n) is 1.61. The van der Waals surface area contributed by atoms with Crippen molar-refractivity contribution < 1.29 is 14.7 Å². The molecule has 0 aliphatic heterocycles. The van der Waals surface area contributed by atoms with Gasteiger partial charge in [-0.05, 0) is 6.42 Å². The Kier molecular flexibility index (Phi) is 4.50. The van der Waals surface area contributed by atoms with Crippen molar-refractivity contribution in [3.05, 3.63) is 0 Å². The van der Waals surface area contributed by atoms with E-state index in [4.69, 9.17) is 0 Å². The SMILES string of the molecule is CCCCC(=O)C(C)C(=O)[O-]. The molecule has 0 bridgehead atoms. The predicted molar refractivity (Wildman–Crippen MR) is 38.7 cm³/mol. The second-order valence-corrected chi connectivity index (χ2v) is 2.61. The maximum Gasteiger partial charge on any atom is 0.141 e. The van der Waals surface area contributed by atoms with Crippen LogP contribution in [0.2, 0.25) is 0 Å². The van der Waals surface area contributed by atoms with E-state index in [0.717, 1.165) is 12.8 Å². The molecule has 0 radical (unpaired) electrons. The minimum Gasteiger partial charge on any atom is -0.549 e. The molecule has 0 N–H and O–H groups in total. The normalized spacial score (nSPS) is 12.5. The van der Waals surface area contributed by atoms with Crippen LogP contribution in [-0.2, 0) is 9.59 Å². The van der Waals surface area contributed by atoms with Crippen LogP contribution < -0.4 is 5.11 Å². The molecule has 0 aliphatic carbocycles. The van der Waals surface area contributed by atoms with Crippen molar-refractivity contribution in [1.82, 2.24) is 0 Å². The summed E-state index contributed by atoms with van der Waals surface area (Å²) < 4.78 is 0. The highest BCUT2D eigenvalue weighted by Crippen LogP contribution is 2.03. The van der Waals surface area contributed by atoms with E-state index in [1.807, 2.05) is 6.92 Å². The molecule has 0 aromatic carbocycles. The van der Waals surface area contributed by atoms with E-state index in [-0.39, 0.29) is 5.78 Å². The van der Waals surface area contributed by atoms with Crippen LogP contribution in [0.3, 0.4) is 0 Å². The van der Waals surface area contributed by atoms with Crippen molar-refractivity contribution in [2.45, 2.75) is 33.1 Å². The van der Waals surface area contributed by atoms with Crippen LogP contribution >= 0.6 is 0 Å². The third-order valence-corrected chi connectivity index (χ3v) is 1.61. The zero-order chi connectivity index (χ0) is 8.85. The molecule has 0 saturated carbocycles. The molecule has 0 heterocycles. The molecule has 0 aliphatic rings. The Morgan fingerprint density at radius 3 is 2.36 bits per heavy atom. The number of rotatable bonds is 5. The van der Waals surface area contributed by atoms with Gasteiger partial charge in [-0.25, -0.2) is 0 Å². The van der Waals surface area contributed by atoms with Crippen LogP contribution in [0.5, 0.6) is 0 Å². The Hall–Kier alpha value is -0.860. The van der Waals surface area contributed by atoms with Crippen molar-refractivity contribution in [2.75, 3.05) is 0 Å². The fourth-order valence-electron chi connectivity index (χ4n) is 0.699. The quantitative estimate of drug-likeness (QED) is 0.533. The van der Waals surface area contributed by atoms with Crippen molar-refractivity contribution >= 4 is 11.8 Å². The topological polar surface area (TPSA) is 57.2 Å². The molecule has 0 aromatic rings. The maximum atomic E-state index is 10.9. The summed E-state index contributed by atoms with van der Waals surface area (Å²) in [5.74, 6) is -2.44.